The molecule has 5 heteroatoms. The van der Waals surface area contributed by atoms with Crippen molar-refractivity contribution < 1.29 is 0 Å². The van der Waals surface area contributed by atoms with Crippen LogP contribution in [0.2, 0.25) is 0 Å². The fraction of sp³-hybridized carbons (Fsp3) is 0.125. The Hall–Kier alpha value is -2.50. The molecule has 2 heterocycles. The second kappa shape index (κ2) is 5.87. The predicted octanol–water partition coefficient (Wildman–Crippen LogP) is 1.96. The van der Waals surface area contributed by atoms with Gasteiger partial charge in [-0.25, -0.2) is 0 Å². The summed E-state index contributed by atoms with van der Waals surface area (Å²) >= 11 is 0. The summed E-state index contributed by atoms with van der Waals surface area (Å²) in [5, 5.41) is 2.23. The number of hydrogen-bond donors (Lipinski definition) is 3. The van der Waals surface area contributed by atoms with Crippen LogP contribution in [-0.2, 0) is 6.42 Å². The molecule has 0 aliphatic heterocycles. The average molecular weight is 279 g/mol. The molecule has 5 nitrogen and oxygen atoms in total. The lowest BCUT2D eigenvalue weighted by Crippen LogP contribution is -2.30. The van der Waals surface area contributed by atoms with Gasteiger partial charge in [0.25, 0.3) is 0 Å². The van der Waals surface area contributed by atoms with E-state index in [1.54, 1.807) is 24.7 Å². The highest BCUT2D eigenvalue weighted by Gasteiger charge is 2.16. The monoisotopic (exact) mass is 279 g/mol. The van der Waals surface area contributed by atoms with Crippen molar-refractivity contribution in [3.05, 3.63) is 66.2 Å². The third-order valence-electron chi connectivity index (χ3n) is 3.60. The molecule has 1 atom stereocenters. The fourth-order valence-electron chi connectivity index (χ4n) is 2.48. The Kier molecular flexibility index (Phi) is 3.77. The Morgan fingerprint density at radius 3 is 2.76 bits per heavy atom. The number of hydrazine groups is 1. The highest BCUT2D eigenvalue weighted by molar-refractivity contribution is 5.84. The fourth-order valence-corrected chi connectivity index (χ4v) is 2.48. The number of anilines is 1. The van der Waals surface area contributed by atoms with E-state index in [0.29, 0.717) is 12.1 Å². The molecule has 0 bridgehead atoms. The zero-order valence-electron chi connectivity index (χ0n) is 11.5. The second-order valence-corrected chi connectivity index (χ2v) is 4.92. The Balaban J connectivity index is 2.01. The summed E-state index contributed by atoms with van der Waals surface area (Å²) in [6.07, 6.45) is 5.89. The molecule has 0 amide bonds. The van der Waals surface area contributed by atoms with Gasteiger partial charge in [0.05, 0.1) is 11.7 Å². The van der Waals surface area contributed by atoms with E-state index in [9.17, 15) is 0 Å². The molecular weight excluding hydrogens is 262 g/mol. The first kappa shape index (κ1) is 13.5. The van der Waals surface area contributed by atoms with Crippen molar-refractivity contribution in [1.82, 2.24) is 15.4 Å². The minimum absolute atomic E-state index is 0.123. The van der Waals surface area contributed by atoms with Gasteiger partial charge in [0, 0.05) is 29.7 Å². The van der Waals surface area contributed by atoms with Crippen molar-refractivity contribution in [3.8, 4) is 0 Å². The summed E-state index contributed by atoms with van der Waals surface area (Å²) in [6, 6.07) is 11.8. The largest absolute Gasteiger partial charge is 0.398 e. The van der Waals surface area contributed by atoms with E-state index in [1.807, 2.05) is 18.2 Å². The Labute approximate surface area is 123 Å². The number of nitrogens with one attached hydrogen (secondary N) is 1. The van der Waals surface area contributed by atoms with Gasteiger partial charge >= 0.3 is 0 Å². The third kappa shape index (κ3) is 2.69. The van der Waals surface area contributed by atoms with Crippen molar-refractivity contribution >= 4 is 16.5 Å². The summed E-state index contributed by atoms with van der Waals surface area (Å²) in [5.41, 5.74) is 11.4. The number of nitrogens with two attached hydrogens (primary N) is 2. The minimum atomic E-state index is -0.123. The quantitative estimate of drug-likeness (QED) is 0.502. The topological polar surface area (TPSA) is 89.8 Å². The van der Waals surface area contributed by atoms with Crippen LogP contribution in [0.4, 0.5) is 5.69 Å². The van der Waals surface area contributed by atoms with Crippen molar-refractivity contribution in [1.29, 1.82) is 0 Å². The SMILES string of the molecule is NNC(Cc1cnccc1N)c1nccc2ccccc12. The van der Waals surface area contributed by atoms with Gasteiger partial charge in [0.1, 0.15) is 0 Å². The summed E-state index contributed by atoms with van der Waals surface area (Å²) in [5.74, 6) is 5.74. The van der Waals surface area contributed by atoms with Gasteiger partial charge in [0.15, 0.2) is 0 Å². The van der Waals surface area contributed by atoms with Crippen molar-refractivity contribution in [3.63, 3.8) is 0 Å². The van der Waals surface area contributed by atoms with Crippen molar-refractivity contribution in [2.24, 2.45) is 5.84 Å². The van der Waals surface area contributed by atoms with E-state index in [1.165, 1.54) is 0 Å². The first-order chi connectivity index (χ1) is 10.3. The van der Waals surface area contributed by atoms with Gasteiger partial charge < -0.3 is 5.73 Å². The molecule has 1 aromatic carbocycles. The molecule has 0 fully saturated rings. The molecule has 0 radical (unpaired) electrons. The number of fused-ring (bicyclic) bond motifs is 1. The second-order valence-electron chi connectivity index (χ2n) is 4.92. The van der Waals surface area contributed by atoms with E-state index >= 15 is 0 Å². The van der Waals surface area contributed by atoms with Crippen LogP contribution >= 0.6 is 0 Å². The Morgan fingerprint density at radius 2 is 1.95 bits per heavy atom. The average Bonchev–Trinajstić information content (AvgIpc) is 2.54. The number of pyridine rings is 2. The van der Waals surface area contributed by atoms with Gasteiger partial charge in [-0.3, -0.25) is 21.2 Å². The molecule has 21 heavy (non-hydrogen) atoms. The first-order valence-electron chi connectivity index (χ1n) is 6.77. The van der Waals surface area contributed by atoms with Crippen LogP contribution in [0.3, 0.4) is 0 Å². The number of hydrogen-bond acceptors (Lipinski definition) is 5. The summed E-state index contributed by atoms with van der Waals surface area (Å²) in [4.78, 5) is 8.62. The van der Waals surface area contributed by atoms with E-state index in [4.69, 9.17) is 11.6 Å². The molecule has 1 unspecified atom stereocenters. The highest BCUT2D eigenvalue weighted by Crippen LogP contribution is 2.25. The maximum Gasteiger partial charge on any atom is 0.0680 e. The Morgan fingerprint density at radius 1 is 1.10 bits per heavy atom. The van der Waals surface area contributed by atoms with Gasteiger partial charge in [-0.1, -0.05) is 24.3 Å². The number of benzene rings is 1. The van der Waals surface area contributed by atoms with Gasteiger partial charge in [0.2, 0.25) is 0 Å². The lowest BCUT2D eigenvalue weighted by molar-refractivity contribution is 0.542. The van der Waals surface area contributed by atoms with Gasteiger partial charge in [-0.15, -0.1) is 0 Å². The van der Waals surface area contributed by atoms with E-state index < -0.39 is 0 Å². The molecule has 2 aromatic heterocycles. The molecule has 3 rings (SSSR count). The molecule has 0 spiro atoms. The van der Waals surface area contributed by atoms with Crippen LogP contribution in [0.5, 0.6) is 0 Å². The third-order valence-corrected chi connectivity index (χ3v) is 3.60. The number of nitrogen functional groups attached to an aromatic ring is 1. The van der Waals surface area contributed by atoms with Crippen LogP contribution < -0.4 is 17.0 Å². The lowest BCUT2D eigenvalue weighted by Gasteiger charge is -2.18. The standard InChI is InChI=1S/C16H17N5/c17-14-6-7-19-10-12(14)9-15(21-18)16-13-4-2-1-3-11(13)5-8-20-16/h1-8,10,15,21H,9,18H2,(H2,17,19). The summed E-state index contributed by atoms with van der Waals surface area (Å²) < 4.78 is 0. The smallest absolute Gasteiger partial charge is 0.0680 e. The molecule has 0 aliphatic carbocycles. The zero-order chi connectivity index (χ0) is 14.7. The molecule has 106 valence electrons. The summed E-state index contributed by atoms with van der Waals surface area (Å²) in [6.45, 7) is 0. The van der Waals surface area contributed by atoms with Gasteiger partial charge in [-0.05, 0) is 29.5 Å². The molecule has 0 saturated heterocycles. The van der Waals surface area contributed by atoms with Crippen LogP contribution in [0, 0.1) is 0 Å². The van der Waals surface area contributed by atoms with Gasteiger partial charge in [-0.2, -0.15) is 0 Å². The highest BCUT2D eigenvalue weighted by atomic mass is 15.2. The van der Waals surface area contributed by atoms with E-state index in [0.717, 1.165) is 22.0 Å². The molecular formula is C16H17N5. The van der Waals surface area contributed by atoms with E-state index in [-0.39, 0.29) is 6.04 Å². The molecule has 0 aliphatic rings. The van der Waals surface area contributed by atoms with Crippen molar-refractivity contribution in [2.45, 2.75) is 12.5 Å². The lowest BCUT2D eigenvalue weighted by atomic mass is 9.99. The minimum Gasteiger partial charge on any atom is -0.398 e. The van der Waals surface area contributed by atoms with Crippen LogP contribution in [-0.4, -0.2) is 9.97 Å². The zero-order valence-corrected chi connectivity index (χ0v) is 11.5. The van der Waals surface area contributed by atoms with Crippen LogP contribution in [0.15, 0.2) is 55.0 Å². The molecule has 3 aromatic rings. The first-order valence-corrected chi connectivity index (χ1v) is 6.77. The number of rotatable bonds is 4. The Bertz CT molecular complexity index is 751. The van der Waals surface area contributed by atoms with Crippen LogP contribution in [0.25, 0.3) is 10.8 Å². The molecule has 5 N–H and O–H groups in total. The van der Waals surface area contributed by atoms with Crippen LogP contribution in [0.1, 0.15) is 17.3 Å². The summed E-state index contributed by atoms with van der Waals surface area (Å²) in [7, 11) is 0. The number of nitrogens with zero attached hydrogens (tertiary/aromatic N) is 2. The molecule has 0 saturated carbocycles. The van der Waals surface area contributed by atoms with Crippen molar-refractivity contribution in [2.75, 3.05) is 5.73 Å². The maximum absolute atomic E-state index is 5.99. The number of aromatic nitrogens is 2. The maximum atomic E-state index is 5.99. The van der Waals surface area contributed by atoms with E-state index in [2.05, 4.69) is 27.5 Å². The predicted molar refractivity (Wildman–Crippen MR) is 84.2 cm³/mol. The normalized spacial score (nSPS) is 12.4.